The fourth-order valence-corrected chi connectivity index (χ4v) is 6.37. The second kappa shape index (κ2) is 7.07. The molecule has 1 aromatic heterocycles. The average molecular weight is 447 g/mol. The molecule has 2 unspecified atom stereocenters. The van der Waals surface area contributed by atoms with Crippen molar-refractivity contribution < 1.29 is 4.42 Å². The van der Waals surface area contributed by atoms with Crippen molar-refractivity contribution in [1.29, 1.82) is 0 Å². The van der Waals surface area contributed by atoms with Crippen LogP contribution in [-0.2, 0) is 0 Å². The summed E-state index contributed by atoms with van der Waals surface area (Å²) in [7, 11) is 0. The van der Waals surface area contributed by atoms with Crippen LogP contribution >= 0.6 is 0 Å². The molecule has 0 bridgehead atoms. The van der Waals surface area contributed by atoms with Crippen LogP contribution in [0, 0.1) is 5.92 Å². The Morgan fingerprint density at radius 3 is 1.97 bits per heavy atom. The van der Waals surface area contributed by atoms with Crippen molar-refractivity contribution in [3.63, 3.8) is 0 Å². The third-order valence-corrected chi connectivity index (χ3v) is 7.86. The zero-order valence-corrected chi connectivity index (χ0v) is 19.1. The van der Waals surface area contributed by atoms with Crippen molar-refractivity contribution in [2.45, 2.75) is 5.92 Å². The van der Waals surface area contributed by atoms with E-state index >= 15 is 0 Å². The average Bonchev–Trinajstić information content (AvgIpc) is 3.31. The molecule has 2 aliphatic carbocycles. The van der Waals surface area contributed by atoms with Crippen LogP contribution in [-0.4, -0.2) is 0 Å². The molecule has 5 aromatic carbocycles. The van der Waals surface area contributed by atoms with Crippen molar-refractivity contribution in [3.05, 3.63) is 132 Å². The lowest BCUT2D eigenvalue weighted by Gasteiger charge is -2.34. The smallest absolute Gasteiger partial charge is 0.142 e. The van der Waals surface area contributed by atoms with E-state index in [0.717, 1.165) is 11.2 Å². The van der Waals surface area contributed by atoms with E-state index in [1.165, 1.54) is 54.6 Å². The largest absolute Gasteiger partial charge is 0.455 e. The van der Waals surface area contributed by atoms with Crippen LogP contribution in [0.2, 0.25) is 0 Å². The molecule has 0 saturated heterocycles. The maximum atomic E-state index is 6.48. The van der Waals surface area contributed by atoms with Gasteiger partial charge in [-0.25, -0.2) is 0 Å². The van der Waals surface area contributed by atoms with Crippen molar-refractivity contribution in [1.82, 2.24) is 0 Å². The van der Waals surface area contributed by atoms with Gasteiger partial charge in [-0.1, -0.05) is 109 Å². The SMILES string of the molecule is C1=CC2C(c3cccc4c3oc3ccccc34)=Cc3c(c4ccccc4c4ccccc34)C2C=C1. The minimum atomic E-state index is 0.260. The van der Waals surface area contributed by atoms with Crippen molar-refractivity contribution in [2.75, 3.05) is 0 Å². The predicted molar refractivity (Wildman–Crippen MR) is 148 cm³/mol. The Morgan fingerprint density at radius 1 is 0.514 bits per heavy atom. The van der Waals surface area contributed by atoms with E-state index in [1.54, 1.807) is 0 Å². The zero-order chi connectivity index (χ0) is 22.9. The van der Waals surface area contributed by atoms with E-state index in [4.69, 9.17) is 4.42 Å². The standard InChI is InChI=1S/C34H22O/c1-2-12-23-21(10-1)22-11-3-5-15-26(22)33-27-16-6-4-13-24(27)30(20-31(23)33)29-18-9-17-28-25-14-7-8-19-32(25)35-34(28)29/h1-20,24,27H. The van der Waals surface area contributed by atoms with Gasteiger partial charge in [0, 0.05) is 28.2 Å². The summed E-state index contributed by atoms with van der Waals surface area (Å²) >= 11 is 0. The third-order valence-electron chi connectivity index (χ3n) is 7.86. The normalized spacial score (nSPS) is 18.8. The van der Waals surface area contributed by atoms with Gasteiger partial charge < -0.3 is 4.42 Å². The number of para-hydroxylation sites is 2. The second-order valence-electron chi connectivity index (χ2n) is 9.62. The molecule has 0 spiro atoms. The van der Waals surface area contributed by atoms with Crippen molar-refractivity contribution >= 4 is 55.1 Å². The number of allylic oxidation sites excluding steroid dienone is 5. The van der Waals surface area contributed by atoms with Crippen LogP contribution in [0.1, 0.15) is 22.6 Å². The quantitative estimate of drug-likeness (QED) is 0.229. The van der Waals surface area contributed by atoms with Gasteiger partial charge in [0.15, 0.2) is 0 Å². The summed E-state index contributed by atoms with van der Waals surface area (Å²) in [6.45, 7) is 0. The highest BCUT2D eigenvalue weighted by Gasteiger charge is 2.34. The van der Waals surface area contributed by atoms with Crippen molar-refractivity contribution in [2.24, 2.45) is 5.92 Å². The lowest BCUT2D eigenvalue weighted by Crippen LogP contribution is -2.18. The Bertz CT molecular complexity index is 1910. The van der Waals surface area contributed by atoms with E-state index in [1.807, 2.05) is 6.07 Å². The number of hydrogen-bond donors (Lipinski definition) is 0. The van der Waals surface area contributed by atoms with Crippen LogP contribution in [0.15, 0.2) is 120 Å². The van der Waals surface area contributed by atoms with Crippen LogP contribution in [0.25, 0.3) is 55.1 Å². The Balaban J connectivity index is 1.51. The van der Waals surface area contributed by atoms with Gasteiger partial charge in [-0.2, -0.15) is 0 Å². The molecule has 2 aliphatic rings. The van der Waals surface area contributed by atoms with Gasteiger partial charge in [0.05, 0.1) is 0 Å². The summed E-state index contributed by atoms with van der Waals surface area (Å²) in [5, 5.41) is 7.67. The Morgan fingerprint density at radius 2 is 1.14 bits per heavy atom. The molecule has 0 N–H and O–H groups in total. The fraction of sp³-hybridized carbons (Fsp3) is 0.0588. The Kier molecular flexibility index (Phi) is 3.84. The van der Waals surface area contributed by atoms with Gasteiger partial charge in [0.25, 0.3) is 0 Å². The summed E-state index contributed by atoms with van der Waals surface area (Å²) in [6, 6.07) is 32.7. The Labute approximate surface area is 203 Å². The van der Waals surface area contributed by atoms with Gasteiger partial charge in [0.2, 0.25) is 0 Å². The molecule has 1 nitrogen and oxygen atoms in total. The first-order chi connectivity index (χ1) is 17.4. The van der Waals surface area contributed by atoms with Gasteiger partial charge in [0.1, 0.15) is 11.2 Å². The summed E-state index contributed by atoms with van der Waals surface area (Å²) in [4.78, 5) is 0. The first-order valence-corrected chi connectivity index (χ1v) is 12.3. The van der Waals surface area contributed by atoms with Crippen molar-refractivity contribution in [3.8, 4) is 0 Å². The number of rotatable bonds is 1. The molecule has 0 aliphatic heterocycles. The summed E-state index contributed by atoms with van der Waals surface area (Å²) in [6.07, 6.45) is 11.6. The fourth-order valence-electron chi connectivity index (χ4n) is 6.37. The zero-order valence-electron chi connectivity index (χ0n) is 19.1. The summed E-state index contributed by atoms with van der Waals surface area (Å²) in [5.74, 6) is 0.542. The van der Waals surface area contributed by atoms with Crippen LogP contribution < -0.4 is 0 Å². The first kappa shape index (κ1) is 19.0. The van der Waals surface area contributed by atoms with Crippen LogP contribution in [0.5, 0.6) is 0 Å². The second-order valence-corrected chi connectivity index (χ2v) is 9.62. The highest BCUT2D eigenvalue weighted by atomic mass is 16.3. The van der Waals surface area contributed by atoms with Gasteiger partial charge in [-0.15, -0.1) is 0 Å². The highest BCUT2D eigenvalue weighted by Crippen LogP contribution is 2.51. The van der Waals surface area contributed by atoms with E-state index in [-0.39, 0.29) is 11.8 Å². The number of fused-ring (bicyclic) bond motifs is 11. The lowest BCUT2D eigenvalue weighted by molar-refractivity contribution is 0.663. The minimum absolute atomic E-state index is 0.260. The number of benzene rings is 5. The van der Waals surface area contributed by atoms with Crippen LogP contribution in [0.4, 0.5) is 0 Å². The molecule has 1 heterocycles. The maximum absolute atomic E-state index is 6.48. The van der Waals surface area contributed by atoms with Gasteiger partial charge >= 0.3 is 0 Å². The summed E-state index contributed by atoms with van der Waals surface area (Å²) in [5.41, 5.74) is 7.22. The molecule has 1 heteroatoms. The lowest BCUT2D eigenvalue weighted by atomic mass is 9.69. The van der Waals surface area contributed by atoms with Crippen LogP contribution in [0.3, 0.4) is 0 Å². The summed E-state index contributed by atoms with van der Waals surface area (Å²) < 4.78 is 6.48. The Hall–Kier alpha value is -4.36. The molecule has 6 aromatic rings. The van der Waals surface area contributed by atoms with E-state index < -0.39 is 0 Å². The molecule has 35 heavy (non-hydrogen) atoms. The number of hydrogen-bond acceptors (Lipinski definition) is 1. The molecule has 2 atom stereocenters. The van der Waals surface area contributed by atoms with E-state index in [0.29, 0.717) is 0 Å². The molecule has 0 amide bonds. The number of furan rings is 1. The highest BCUT2D eigenvalue weighted by molar-refractivity contribution is 6.16. The minimum Gasteiger partial charge on any atom is -0.455 e. The molecule has 0 fully saturated rings. The molecular weight excluding hydrogens is 424 g/mol. The predicted octanol–water partition coefficient (Wildman–Crippen LogP) is 9.27. The monoisotopic (exact) mass is 446 g/mol. The molecular formula is C34H22O. The first-order valence-electron chi connectivity index (χ1n) is 12.3. The maximum Gasteiger partial charge on any atom is 0.142 e. The van der Waals surface area contributed by atoms with E-state index in [9.17, 15) is 0 Å². The van der Waals surface area contributed by atoms with Gasteiger partial charge in [-0.05, 0) is 50.4 Å². The van der Waals surface area contributed by atoms with Gasteiger partial charge in [-0.3, -0.25) is 0 Å². The topological polar surface area (TPSA) is 13.1 Å². The molecule has 0 radical (unpaired) electrons. The third kappa shape index (κ3) is 2.58. The molecule has 8 rings (SSSR count). The van der Waals surface area contributed by atoms with E-state index in [2.05, 4.69) is 115 Å². The molecule has 0 saturated carbocycles. The molecule has 164 valence electrons.